The van der Waals surface area contributed by atoms with Crippen molar-refractivity contribution in [2.75, 3.05) is 13.1 Å². The van der Waals surface area contributed by atoms with E-state index in [4.69, 9.17) is 5.11 Å². The van der Waals surface area contributed by atoms with Crippen molar-refractivity contribution < 1.29 is 31.5 Å². The third kappa shape index (κ3) is 3.20. The minimum Gasteiger partial charge on any atom is -0.481 e. The van der Waals surface area contributed by atoms with E-state index in [1.165, 1.54) is 13.8 Å². The Morgan fingerprint density at radius 2 is 1.96 bits per heavy atom. The first-order chi connectivity index (χ1) is 10.4. The molecule has 1 N–H and O–H groups in total. The Morgan fingerprint density at radius 3 is 2.43 bits per heavy atom. The van der Waals surface area contributed by atoms with Crippen molar-refractivity contribution in [2.24, 2.45) is 5.41 Å². The summed E-state index contributed by atoms with van der Waals surface area (Å²) in [6, 6.07) is 2.81. The number of sulfonamides is 1. The van der Waals surface area contributed by atoms with Crippen LogP contribution in [-0.2, 0) is 21.0 Å². The molecule has 0 bridgehead atoms. The first-order valence-corrected chi connectivity index (χ1v) is 8.23. The van der Waals surface area contributed by atoms with Crippen molar-refractivity contribution in [3.8, 4) is 0 Å². The number of alkyl halides is 3. The average molecular weight is 351 g/mol. The molecule has 1 atom stereocenters. The monoisotopic (exact) mass is 351 g/mol. The zero-order chi connectivity index (χ0) is 17.6. The quantitative estimate of drug-likeness (QED) is 0.908. The fourth-order valence-corrected chi connectivity index (χ4v) is 4.11. The second-order valence-electron chi connectivity index (χ2n) is 5.93. The second-order valence-corrected chi connectivity index (χ2v) is 7.87. The lowest BCUT2D eigenvalue weighted by Crippen LogP contribution is -2.35. The van der Waals surface area contributed by atoms with Gasteiger partial charge in [0, 0.05) is 13.1 Å². The summed E-state index contributed by atoms with van der Waals surface area (Å²) in [5.41, 5.74) is -2.32. The summed E-state index contributed by atoms with van der Waals surface area (Å²) in [6.45, 7) is 2.36. The highest BCUT2D eigenvalue weighted by Crippen LogP contribution is 2.36. The van der Waals surface area contributed by atoms with Gasteiger partial charge in [-0.1, -0.05) is 6.07 Å². The lowest BCUT2D eigenvalue weighted by atomic mass is 9.90. The van der Waals surface area contributed by atoms with Gasteiger partial charge >= 0.3 is 12.1 Å². The lowest BCUT2D eigenvalue weighted by molar-refractivity contribution is -0.147. The van der Waals surface area contributed by atoms with Crippen LogP contribution in [0.2, 0.25) is 0 Å². The van der Waals surface area contributed by atoms with Gasteiger partial charge in [0.05, 0.1) is 15.9 Å². The Kier molecular flexibility index (Phi) is 4.23. The van der Waals surface area contributed by atoms with Crippen molar-refractivity contribution in [3.05, 3.63) is 29.3 Å². The van der Waals surface area contributed by atoms with Crippen LogP contribution in [0, 0.1) is 12.3 Å². The van der Waals surface area contributed by atoms with Crippen molar-refractivity contribution in [2.45, 2.75) is 31.3 Å². The minimum absolute atomic E-state index is 0.0413. The zero-order valence-corrected chi connectivity index (χ0v) is 13.3. The van der Waals surface area contributed by atoms with Gasteiger partial charge in [0.25, 0.3) is 0 Å². The summed E-state index contributed by atoms with van der Waals surface area (Å²) in [6.07, 6.45) is -4.55. The van der Waals surface area contributed by atoms with Gasteiger partial charge in [0.2, 0.25) is 10.0 Å². The van der Waals surface area contributed by atoms with Gasteiger partial charge in [-0.3, -0.25) is 4.79 Å². The molecule has 1 aromatic carbocycles. The Bertz CT molecular complexity index is 745. The molecule has 128 valence electrons. The topological polar surface area (TPSA) is 74.7 Å². The number of rotatable bonds is 3. The molecule has 1 aromatic rings. The van der Waals surface area contributed by atoms with E-state index >= 15 is 0 Å². The van der Waals surface area contributed by atoms with E-state index in [-0.39, 0.29) is 25.1 Å². The fourth-order valence-electron chi connectivity index (χ4n) is 2.51. The molecule has 0 aliphatic carbocycles. The molecule has 1 unspecified atom stereocenters. The number of carboxylic acid groups (broad SMARTS) is 1. The van der Waals surface area contributed by atoms with Crippen LogP contribution in [0.1, 0.15) is 24.5 Å². The summed E-state index contributed by atoms with van der Waals surface area (Å²) in [5, 5.41) is 9.14. The van der Waals surface area contributed by atoms with E-state index in [9.17, 15) is 26.4 Å². The smallest absolute Gasteiger partial charge is 0.416 e. The molecule has 1 fully saturated rings. The van der Waals surface area contributed by atoms with Crippen LogP contribution in [0.4, 0.5) is 13.2 Å². The largest absolute Gasteiger partial charge is 0.481 e. The van der Waals surface area contributed by atoms with Gasteiger partial charge in [0.15, 0.2) is 0 Å². The first-order valence-electron chi connectivity index (χ1n) is 6.79. The summed E-state index contributed by atoms with van der Waals surface area (Å²) in [7, 11) is -4.17. The summed E-state index contributed by atoms with van der Waals surface area (Å²) in [5.74, 6) is -1.13. The molecule has 0 saturated carbocycles. The van der Waals surface area contributed by atoms with Crippen LogP contribution in [0.3, 0.4) is 0 Å². The van der Waals surface area contributed by atoms with Gasteiger partial charge in [-0.2, -0.15) is 17.5 Å². The zero-order valence-electron chi connectivity index (χ0n) is 12.5. The number of carboxylic acids is 1. The van der Waals surface area contributed by atoms with Gasteiger partial charge in [-0.25, -0.2) is 8.42 Å². The normalized spacial score (nSPS) is 23.2. The third-order valence-corrected chi connectivity index (χ3v) is 5.95. The van der Waals surface area contributed by atoms with Crippen LogP contribution >= 0.6 is 0 Å². The fraction of sp³-hybridized carbons (Fsp3) is 0.500. The number of hydrogen-bond donors (Lipinski definition) is 1. The maximum absolute atomic E-state index is 12.9. The summed E-state index contributed by atoms with van der Waals surface area (Å²) >= 11 is 0. The molecule has 9 heteroatoms. The molecule has 0 spiro atoms. The second kappa shape index (κ2) is 5.48. The van der Waals surface area contributed by atoms with Crippen LogP contribution in [0.25, 0.3) is 0 Å². The Labute approximate surface area is 131 Å². The molecule has 0 aromatic heterocycles. The molecule has 23 heavy (non-hydrogen) atoms. The van der Waals surface area contributed by atoms with Gasteiger partial charge in [-0.15, -0.1) is 0 Å². The average Bonchev–Trinajstić information content (AvgIpc) is 2.82. The summed E-state index contributed by atoms with van der Waals surface area (Å²) in [4.78, 5) is 10.7. The van der Waals surface area contributed by atoms with Crippen molar-refractivity contribution in [1.82, 2.24) is 4.31 Å². The molecule has 0 radical (unpaired) electrons. The highest BCUT2D eigenvalue weighted by atomic mass is 32.2. The van der Waals surface area contributed by atoms with E-state index < -0.39 is 38.0 Å². The number of hydrogen-bond acceptors (Lipinski definition) is 3. The maximum Gasteiger partial charge on any atom is 0.416 e. The standard InChI is InChI=1S/C14H16F3NO4S/c1-9-3-4-10(7-11(9)14(15,16)17)23(21,22)18-6-5-13(2,8-18)12(19)20/h3-4,7H,5-6,8H2,1-2H3,(H,19,20). The lowest BCUT2D eigenvalue weighted by Gasteiger charge is -2.21. The SMILES string of the molecule is Cc1ccc(S(=O)(=O)N2CCC(C)(C(=O)O)C2)cc1C(F)(F)F. The molecular formula is C14H16F3NO4S. The van der Waals surface area contributed by atoms with E-state index in [0.717, 1.165) is 16.4 Å². The predicted octanol–water partition coefficient (Wildman–Crippen LogP) is 2.50. The molecule has 1 aliphatic heterocycles. The van der Waals surface area contributed by atoms with E-state index in [1.54, 1.807) is 0 Å². The minimum atomic E-state index is -4.66. The third-order valence-electron chi connectivity index (χ3n) is 4.11. The molecule has 5 nitrogen and oxygen atoms in total. The van der Waals surface area contributed by atoms with Crippen molar-refractivity contribution in [1.29, 1.82) is 0 Å². The Balaban J connectivity index is 2.41. The molecule has 0 amide bonds. The van der Waals surface area contributed by atoms with Crippen LogP contribution in [0.15, 0.2) is 23.1 Å². The van der Waals surface area contributed by atoms with Gasteiger partial charge < -0.3 is 5.11 Å². The van der Waals surface area contributed by atoms with Crippen molar-refractivity contribution in [3.63, 3.8) is 0 Å². The van der Waals surface area contributed by atoms with E-state index in [1.807, 2.05) is 0 Å². The highest BCUT2D eigenvalue weighted by Gasteiger charge is 2.45. The summed E-state index contributed by atoms with van der Waals surface area (Å²) < 4.78 is 64.7. The number of benzene rings is 1. The number of aryl methyl sites for hydroxylation is 1. The van der Waals surface area contributed by atoms with E-state index in [0.29, 0.717) is 6.07 Å². The molecule has 1 heterocycles. The molecular weight excluding hydrogens is 335 g/mol. The van der Waals surface area contributed by atoms with Crippen LogP contribution < -0.4 is 0 Å². The number of aliphatic carboxylic acids is 1. The highest BCUT2D eigenvalue weighted by molar-refractivity contribution is 7.89. The Morgan fingerprint density at radius 1 is 1.35 bits per heavy atom. The van der Waals surface area contributed by atoms with E-state index in [2.05, 4.69) is 0 Å². The molecule has 2 rings (SSSR count). The predicted molar refractivity (Wildman–Crippen MR) is 75.3 cm³/mol. The van der Waals surface area contributed by atoms with Gasteiger partial charge in [0.1, 0.15) is 0 Å². The van der Waals surface area contributed by atoms with Crippen molar-refractivity contribution >= 4 is 16.0 Å². The number of carbonyl (C=O) groups is 1. The number of halogens is 3. The molecule has 1 aliphatic rings. The maximum atomic E-state index is 12.9. The van der Waals surface area contributed by atoms with Gasteiger partial charge in [-0.05, 0) is 38.0 Å². The number of nitrogens with zero attached hydrogens (tertiary/aromatic N) is 1. The van der Waals surface area contributed by atoms with Crippen LogP contribution in [-0.4, -0.2) is 36.9 Å². The Hall–Kier alpha value is -1.61. The molecule has 1 saturated heterocycles. The first kappa shape index (κ1) is 17.7. The van der Waals surface area contributed by atoms with Crippen LogP contribution in [0.5, 0.6) is 0 Å².